The van der Waals surface area contributed by atoms with Crippen LogP contribution in [0.1, 0.15) is 117 Å². The van der Waals surface area contributed by atoms with Crippen LogP contribution >= 0.6 is 7.82 Å². The maximum absolute atomic E-state index is 12.3. The number of carbonyl (C=O) groups excluding carboxylic acids is 2. The van der Waals surface area contributed by atoms with Crippen LogP contribution in [0.4, 0.5) is 0 Å². The molecule has 0 amide bonds. The summed E-state index contributed by atoms with van der Waals surface area (Å²) >= 11 is 0. The number of hydrogen-bond acceptors (Lipinski definition) is 8. The molecular weight excluding hydrogens is 563 g/mol. The van der Waals surface area contributed by atoms with Gasteiger partial charge in [0.1, 0.15) is 6.61 Å². The number of carbonyl (C=O) groups is 2. The Bertz CT molecular complexity index is 821. The summed E-state index contributed by atoms with van der Waals surface area (Å²) in [6.45, 7) is 3.25. The smallest absolute Gasteiger partial charge is 0.462 e. The molecule has 0 saturated heterocycles. The Balaban J connectivity index is 4.32. The molecule has 10 nitrogen and oxygen atoms in total. The molecular formula is C31H55O10P. The minimum Gasteiger partial charge on any atom is -0.462 e. The standard InChI is InChI=1S/C31H55O10P/c1-3-5-7-9-10-11-12-13-14-15-17-18-21-28(32)29(33)22-20-24-31(35)41-27(26-40-42(36,37)38)25-39-30(34)23-19-16-8-6-4-2/h10-11,13-14,17-18,27-29,32-33H,3-9,12,15-16,19-26H2,1-2H3,(H2,36,37,38)/b11-10-,14-13-,18-17-/t27-,28?,29?/m1/s1. The second kappa shape index (κ2) is 26.8. The first-order chi connectivity index (χ1) is 20.1. The first-order valence-corrected chi connectivity index (χ1v) is 17.0. The van der Waals surface area contributed by atoms with Gasteiger partial charge in [-0.2, -0.15) is 0 Å². The largest absolute Gasteiger partial charge is 0.469 e. The molecule has 0 aromatic carbocycles. The Morgan fingerprint density at radius 2 is 1.31 bits per heavy atom. The average Bonchev–Trinajstić information content (AvgIpc) is 2.94. The van der Waals surface area contributed by atoms with Crippen molar-refractivity contribution in [1.29, 1.82) is 0 Å². The molecule has 0 rings (SSSR count). The average molecular weight is 619 g/mol. The van der Waals surface area contributed by atoms with Crippen LogP contribution in [-0.4, -0.2) is 63.5 Å². The Morgan fingerprint density at radius 1 is 0.714 bits per heavy atom. The van der Waals surface area contributed by atoms with Gasteiger partial charge in [-0.15, -0.1) is 0 Å². The molecule has 0 heterocycles. The van der Waals surface area contributed by atoms with E-state index in [4.69, 9.17) is 19.3 Å². The van der Waals surface area contributed by atoms with Crippen LogP contribution in [0, 0.1) is 0 Å². The summed E-state index contributed by atoms with van der Waals surface area (Å²) in [4.78, 5) is 42.2. The molecule has 0 radical (unpaired) electrons. The Kier molecular flexibility index (Phi) is 25.6. The van der Waals surface area contributed by atoms with Crippen molar-refractivity contribution < 1.29 is 48.2 Å². The zero-order valence-corrected chi connectivity index (χ0v) is 26.5. The lowest BCUT2D eigenvalue weighted by molar-refractivity contribution is -0.161. The van der Waals surface area contributed by atoms with E-state index in [1.54, 1.807) is 0 Å². The van der Waals surface area contributed by atoms with Gasteiger partial charge in [-0.05, 0) is 51.4 Å². The summed E-state index contributed by atoms with van der Waals surface area (Å²) in [5.41, 5.74) is 0. The highest BCUT2D eigenvalue weighted by Gasteiger charge is 2.23. The predicted molar refractivity (Wildman–Crippen MR) is 163 cm³/mol. The predicted octanol–water partition coefficient (Wildman–Crippen LogP) is 6.22. The van der Waals surface area contributed by atoms with Crippen LogP contribution in [0.25, 0.3) is 0 Å². The van der Waals surface area contributed by atoms with Gasteiger partial charge in [-0.1, -0.05) is 88.8 Å². The van der Waals surface area contributed by atoms with Gasteiger partial charge in [0.15, 0.2) is 6.10 Å². The number of aliphatic hydroxyl groups is 2. The van der Waals surface area contributed by atoms with Crippen LogP contribution < -0.4 is 0 Å². The Labute approximate surface area is 252 Å². The van der Waals surface area contributed by atoms with E-state index in [1.807, 2.05) is 12.2 Å². The van der Waals surface area contributed by atoms with Gasteiger partial charge >= 0.3 is 19.8 Å². The number of unbranched alkanes of at least 4 members (excludes halogenated alkanes) is 7. The molecule has 0 aromatic rings. The van der Waals surface area contributed by atoms with Crippen molar-refractivity contribution in [3.05, 3.63) is 36.5 Å². The van der Waals surface area contributed by atoms with Gasteiger partial charge in [-0.25, -0.2) is 4.57 Å². The van der Waals surface area contributed by atoms with E-state index in [-0.39, 0.29) is 32.1 Å². The SMILES string of the molecule is CCCCC/C=C\C/C=C\C/C=C\CC(O)C(O)CCCC(=O)O[C@H](COC(=O)CCCCCCC)COP(=O)(O)O. The topological polar surface area (TPSA) is 160 Å². The first kappa shape index (κ1) is 40.2. The monoisotopic (exact) mass is 618 g/mol. The van der Waals surface area contributed by atoms with Gasteiger partial charge in [-0.3, -0.25) is 14.1 Å². The number of ether oxygens (including phenoxy) is 2. The first-order valence-electron chi connectivity index (χ1n) is 15.4. The van der Waals surface area contributed by atoms with Crippen molar-refractivity contribution in [2.75, 3.05) is 13.2 Å². The quantitative estimate of drug-likeness (QED) is 0.0360. The number of phosphoric ester groups is 1. The summed E-state index contributed by atoms with van der Waals surface area (Å²) in [7, 11) is -4.81. The van der Waals surface area contributed by atoms with E-state index < -0.39 is 51.3 Å². The fraction of sp³-hybridized carbons (Fsp3) is 0.742. The molecule has 0 spiro atoms. The van der Waals surface area contributed by atoms with Crippen LogP contribution in [0.15, 0.2) is 36.5 Å². The van der Waals surface area contributed by atoms with E-state index in [1.165, 1.54) is 19.3 Å². The van der Waals surface area contributed by atoms with Crippen LogP contribution in [-0.2, 0) is 28.2 Å². The molecule has 0 bridgehead atoms. The fourth-order valence-electron chi connectivity index (χ4n) is 3.88. The molecule has 2 unspecified atom stereocenters. The lowest BCUT2D eigenvalue weighted by Crippen LogP contribution is -2.30. The van der Waals surface area contributed by atoms with Crippen molar-refractivity contribution >= 4 is 19.8 Å². The number of rotatable bonds is 27. The van der Waals surface area contributed by atoms with Gasteiger partial charge in [0.05, 0.1) is 18.8 Å². The van der Waals surface area contributed by atoms with Crippen LogP contribution in [0.3, 0.4) is 0 Å². The third-order valence-corrected chi connectivity index (χ3v) is 6.85. The number of aliphatic hydroxyl groups excluding tert-OH is 2. The summed E-state index contributed by atoms with van der Waals surface area (Å²) in [6.07, 6.45) is 21.1. The molecule has 42 heavy (non-hydrogen) atoms. The minimum atomic E-state index is -4.81. The van der Waals surface area contributed by atoms with E-state index in [2.05, 4.69) is 42.7 Å². The highest BCUT2D eigenvalue weighted by molar-refractivity contribution is 7.46. The van der Waals surface area contributed by atoms with Gasteiger partial charge in [0.2, 0.25) is 0 Å². The lowest BCUT2D eigenvalue weighted by Gasteiger charge is -2.19. The molecule has 244 valence electrons. The lowest BCUT2D eigenvalue weighted by atomic mass is 10.0. The number of hydrogen-bond donors (Lipinski definition) is 4. The van der Waals surface area contributed by atoms with E-state index in [0.29, 0.717) is 6.42 Å². The molecule has 4 N–H and O–H groups in total. The molecule has 11 heteroatoms. The molecule has 0 aliphatic heterocycles. The number of esters is 2. The number of allylic oxidation sites excluding steroid dienone is 5. The highest BCUT2D eigenvalue weighted by Crippen LogP contribution is 2.35. The van der Waals surface area contributed by atoms with Crippen LogP contribution in [0.5, 0.6) is 0 Å². The maximum Gasteiger partial charge on any atom is 0.469 e. The Hall–Kier alpha value is -1.81. The summed E-state index contributed by atoms with van der Waals surface area (Å²) in [5.74, 6) is -1.19. The fourth-order valence-corrected chi connectivity index (χ4v) is 4.25. The van der Waals surface area contributed by atoms with E-state index >= 15 is 0 Å². The van der Waals surface area contributed by atoms with Gasteiger partial charge < -0.3 is 29.5 Å². The summed E-state index contributed by atoms with van der Waals surface area (Å²) in [6, 6.07) is 0. The molecule has 0 aliphatic carbocycles. The normalized spacial score (nSPS) is 14.5. The highest BCUT2D eigenvalue weighted by atomic mass is 31.2. The zero-order chi connectivity index (χ0) is 31.5. The Morgan fingerprint density at radius 3 is 1.98 bits per heavy atom. The van der Waals surface area contributed by atoms with Crippen molar-refractivity contribution in [3.8, 4) is 0 Å². The molecule has 3 atom stereocenters. The van der Waals surface area contributed by atoms with Crippen molar-refractivity contribution in [3.63, 3.8) is 0 Å². The zero-order valence-electron chi connectivity index (χ0n) is 25.6. The van der Waals surface area contributed by atoms with E-state index in [0.717, 1.165) is 44.9 Å². The molecule has 0 aliphatic rings. The van der Waals surface area contributed by atoms with Crippen molar-refractivity contribution in [1.82, 2.24) is 0 Å². The maximum atomic E-state index is 12.3. The van der Waals surface area contributed by atoms with Crippen LogP contribution in [0.2, 0.25) is 0 Å². The van der Waals surface area contributed by atoms with Crippen molar-refractivity contribution in [2.24, 2.45) is 0 Å². The molecule has 0 fully saturated rings. The second-order valence-electron chi connectivity index (χ2n) is 10.4. The summed E-state index contributed by atoms with van der Waals surface area (Å²) in [5, 5.41) is 20.4. The van der Waals surface area contributed by atoms with E-state index in [9.17, 15) is 24.4 Å². The molecule has 0 aromatic heterocycles. The van der Waals surface area contributed by atoms with Gasteiger partial charge in [0.25, 0.3) is 0 Å². The third-order valence-electron chi connectivity index (χ3n) is 6.36. The van der Waals surface area contributed by atoms with Crippen molar-refractivity contribution in [2.45, 2.75) is 135 Å². The number of phosphoric acid groups is 1. The minimum absolute atomic E-state index is 0.102. The summed E-state index contributed by atoms with van der Waals surface area (Å²) < 4.78 is 25.8. The third kappa shape index (κ3) is 27.0. The molecule has 0 saturated carbocycles. The second-order valence-corrected chi connectivity index (χ2v) is 11.6. The van der Waals surface area contributed by atoms with Gasteiger partial charge in [0, 0.05) is 12.8 Å².